The van der Waals surface area contributed by atoms with Crippen LogP contribution in [0.15, 0.2) is 24.3 Å². The lowest BCUT2D eigenvalue weighted by Crippen LogP contribution is -2.51. The van der Waals surface area contributed by atoms with Gasteiger partial charge in [0.25, 0.3) is 5.91 Å². The third-order valence-corrected chi connectivity index (χ3v) is 7.91. The van der Waals surface area contributed by atoms with Crippen molar-refractivity contribution in [1.29, 1.82) is 0 Å². The number of piperazine rings is 1. The molecule has 28 heavy (non-hydrogen) atoms. The van der Waals surface area contributed by atoms with Crippen molar-refractivity contribution in [2.75, 3.05) is 24.5 Å². The van der Waals surface area contributed by atoms with Gasteiger partial charge in [-0.3, -0.25) is 4.79 Å². The molecule has 5 nitrogen and oxygen atoms in total. The molecule has 2 aromatic rings. The third kappa shape index (κ3) is 2.77. The smallest absolute Gasteiger partial charge is 0.254 e. The Hall–Kier alpha value is -1.92. The molecule has 1 aromatic carbocycles. The van der Waals surface area contributed by atoms with E-state index in [1.807, 2.05) is 28.4 Å². The summed E-state index contributed by atoms with van der Waals surface area (Å²) in [6.45, 7) is 3.64. The van der Waals surface area contributed by atoms with Crippen LogP contribution in [0.25, 0.3) is 0 Å². The molecule has 1 aliphatic carbocycles. The fourth-order valence-corrected chi connectivity index (χ4v) is 6.43. The maximum atomic E-state index is 13.3. The molecule has 2 saturated heterocycles. The number of amides is 1. The Kier molecular flexibility index (Phi) is 3.98. The topological polar surface area (TPSA) is 48.5 Å². The second-order valence-corrected chi connectivity index (χ2v) is 9.72. The number of rotatable bonds is 3. The van der Waals surface area contributed by atoms with Crippen molar-refractivity contribution in [2.45, 2.75) is 56.7 Å². The Morgan fingerprint density at radius 1 is 1.11 bits per heavy atom. The lowest BCUT2D eigenvalue weighted by molar-refractivity contribution is 0.0735. The number of hydrogen-bond acceptors (Lipinski definition) is 5. The van der Waals surface area contributed by atoms with E-state index >= 15 is 0 Å². The van der Waals surface area contributed by atoms with Gasteiger partial charge in [0.2, 0.25) is 0 Å². The standard InChI is InChI=1S/C22H26N4OS/c27-21(18-4-2-1-3-17(18)14-5-6-14)25-10-9-19-20(13-25)28-22(24-19)26-15-7-8-16(26)12-23-11-15/h1-4,14-16,23H,5-13H2. The van der Waals surface area contributed by atoms with Crippen LogP contribution in [0.2, 0.25) is 0 Å². The van der Waals surface area contributed by atoms with Gasteiger partial charge in [-0.2, -0.15) is 0 Å². The van der Waals surface area contributed by atoms with E-state index < -0.39 is 0 Å². The largest absolute Gasteiger partial charge is 0.340 e. The van der Waals surface area contributed by atoms with Crippen LogP contribution in [0.5, 0.6) is 0 Å². The molecular weight excluding hydrogens is 368 g/mol. The summed E-state index contributed by atoms with van der Waals surface area (Å²) in [5.74, 6) is 0.795. The third-order valence-electron chi connectivity index (χ3n) is 6.82. The molecule has 3 aliphatic heterocycles. The number of aromatic nitrogens is 1. The van der Waals surface area contributed by atoms with Gasteiger partial charge in [0.05, 0.1) is 12.2 Å². The molecular formula is C22H26N4OS. The van der Waals surface area contributed by atoms with Gasteiger partial charge in [0.1, 0.15) is 0 Å². The lowest BCUT2D eigenvalue weighted by atomic mass is 10.0. The van der Waals surface area contributed by atoms with Gasteiger partial charge in [-0.05, 0) is 43.2 Å². The average molecular weight is 395 g/mol. The number of hydrogen-bond donors (Lipinski definition) is 1. The average Bonchev–Trinajstić information content (AvgIpc) is 3.44. The van der Waals surface area contributed by atoms with Gasteiger partial charge in [-0.15, -0.1) is 0 Å². The van der Waals surface area contributed by atoms with E-state index in [0.29, 0.717) is 24.5 Å². The monoisotopic (exact) mass is 394 g/mol. The van der Waals surface area contributed by atoms with Crippen LogP contribution in [-0.4, -0.2) is 47.5 Å². The number of nitrogens with one attached hydrogen (secondary N) is 1. The lowest BCUT2D eigenvalue weighted by Gasteiger charge is -2.35. The van der Waals surface area contributed by atoms with Crippen LogP contribution in [0, 0.1) is 0 Å². The van der Waals surface area contributed by atoms with Crippen molar-refractivity contribution in [3.63, 3.8) is 0 Å². The van der Waals surface area contributed by atoms with Crippen molar-refractivity contribution in [1.82, 2.24) is 15.2 Å². The van der Waals surface area contributed by atoms with Crippen LogP contribution in [0.1, 0.15) is 58.1 Å². The number of benzene rings is 1. The number of carbonyl (C=O) groups is 1. The number of thiazole rings is 1. The number of nitrogens with zero attached hydrogens (tertiary/aromatic N) is 3. The first-order valence-electron chi connectivity index (χ1n) is 10.6. The summed E-state index contributed by atoms with van der Waals surface area (Å²) in [4.78, 5) is 24.2. The summed E-state index contributed by atoms with van der Waals surface area (Å²) in [6.07, 6.45) is 5.86. The summed E-state index contributed by atoms with van der Waals surface area (Å²) >= 11 is 1.82. The molecule has 6 heteroatoms. The van der Waals surface area contributed by atoms with Crippen molar-refractivity contribution < 1.29 is 4.79 Å². The van der Waals surface area contributed by atoms with E-state index in [2.05, 4.69) is 22.3 Å². The van der Waals surface area contributed by atoms with Crippen LogP contribution >= 0.6 is 11.3 Å². The van der Waals surface area contributed by atoms with E-state index in [9.17, 15) is 4.79 Å². The summed E-state index contributed by atoms with van der Waals surface area (Å²) in [7, 11) is 0. The quantitative estimate of drug-likeness (QED) is 0.869. The fraction of sp³-hybridized carbons (Fsp3) is 0.545. The zero-order valence-electron chi connectivity index (χ0n) is 16.1. The SMILES string of the molecule is O=C(c1ccccc1C1CC1)N1CCc2nc(N3C4CCC3CNC4)sc2C1. The second kappa shape index (κ2) is 6.56. The Morgan fingerprint density at radius 2 is 1.89 bits per heavy atom. The van der Waals surface area contributed by atoms with Gasteiger partial charge in [-0.25, -0.2) is 4.98 Å². The highest BCUT2D eigenvalue weighted by atomic mass is 32.1. The van der Waals surface area contributed by atoms with E-state index in [4.69, 9.17) is 4.98 Å². The van der Waals surface area contributed by atoms with E-state index in [-0.39, 0.29) is 5.91 Å². The van der Waals surface area contributed by atoms with Gasteiger partial charge < -0.3 is 15.1 Å². The second-order valence-electron chi connectivity index (χ2n) is 8.66. The zero-order valence-corrected chi connectivity index (χ0v) is 16.9. The normalized spacial score (nSPS) is 26.4. The molecule has 2 unspecified atom stereocenters. The molecule has 3 fully saturated rings. The highest BCUT2D eigenvalue weighted by Gasteiger charge is 2.39. The molecule has 0 radical (unpaired) electrons. The van der Waals surface area contributed by atoms with Gasteiger partial charge in [0, 0.05) is 48.6 Å². The predicted octanol–water partition coefficient (Wildman–Crippen LogP) is 3.16. The minimum atomic E-state index is 0.199. The summed E-state index contributed by atoms with van der Waals surface area (Å²) < 4.78 is 0. The molecule has 1 N–H and O–H groups in total. The van der Waals surface area contributed by atoms with Gasteiger partial charge >= 0.3 is 0 Å². The minimum absolute atomic E-state index is 0.199. The molecule has 146 valence electrons. The molecule has 6 rings (SSSR count). The van der Waals surface area contributed by atoms with Crippen LogP contribution < -0.4 is 10.2 Å². The van der Waals surface area contributed by atoms with Gasteiger partial charge in [0.15, 0.2) is 5.13 Å². The highest BCUT2D eigenvalue weighted by molar-refractivity contribution is 7.15. The fourth-order valence-electron chi connectivity index (χ4n) is 5.17. The van der Waals surface area contributed by atoms with Crippen LogP contribution in [0.3, 0.4) is 0 Å². The molecule has 1 aromatic heterocycles. The first-order valence-corrected chi connectivity index (χ1v) is 11.5. The highest BCUT2D eigenvalue weighted by Crippen LogP contribution is 2.42. The van der Waals surface area contributed by atoms with Crippen molar-refractivity contribution in [3.05, 3.63) is 46.0 Å². The molecule has 1 saturated carbocycles. The summed E-state index contributed by atoms with van der Waals surface area (Å²) in [6, 6.07) is 9.41. The Morgan fingerprint density at radius 3 is 2.68 bits per heavy atom. The van der Waals surface area contributed by atoms with Crippen molar-refractivity contribution in [2.24, 2.45) is 0 Å². The first kappa shape index (κ1) is 17.0. The van der Waals surface area contributed by atoms with E-state index in [0.717, 1.165) is 31.6 Å². The van der Waals surface area contributed by atoms with E-state index in [1.165, 1.54) is 46.9 Å². The number of anilines is 1. The van der Waals surface area contributed by atoms with Crippen LogP contribution in [-0.2, 0) is 13.0 Å². The Bertz CT molecular complexity index is 905. The molecule has 2 atom stereocenters. The Labute approximate surface area is 169 Å². The molecule has 2 bridgehead atoms. The number of carbonyl (C=O) groups excluding carboxylic acids is 1. The van der Waals surface area contributed by atoms with Gasteiger partial charge in [-0.1, -0.05) is 29.5 Å². The maximum absolute atomic E-state index is 13.3. The first-order chi connectivity index (χ1) is 13.8. The van der Waals surface area contributed by atoms with Crippen LogP contribution in [0.4, 0.5) is 5.13 Å². The molecule has 1 amide bonds. The Balaban J connectivity index is 1.24. The van der Waals surface area contributed by atoms with Crippen molar-refractivity contribution in [3.8, 4) is 0 Å². The molecule has 0 spiro atoms. The molecule has 4 heterocycles. The summed E-state index contributed by atoms with van der Waals surface area (Å²) in [5, 5.41) is 4.74. The van der Waals surface area contributed by atoms with E-state index in [1.54, 1.807) is 0 Å². The predicted molar refractivity (Wildman–Crippen MR) is 111 cm³/mol. The zero-order chi connectivity index (χ0) is 18.7. The van der Waals surface area contributed by atoms with Crippen molar-refractivity contribution >= 4 is 22.4 Å². The molecule has 4 aliphatic rings. The maximum Gasteiger partial charge on any atom is 0.254 e. The summed E-state index contributed by atoms with van der Waals surface area (Å²) in [5.41, 5.74) is 3.39. The minimum Gasteiger partial charge on any atom is -0.340 e. The number of fused-ring (bicyclic) bond motifs is 3.